The molecular weight excluding hydrogens is 495 g/mol. The first-order valence-electron chi connectivity index (χ1n) is 12.0. The number of carbonyl (C=O) groups excluding carboxylic acids is 2. The highest BCUT2D eigenvalue weighted by Gasteiger charge is 2.30. The molecule has 190 valence electrons. The van der Waals surface area contributed by atoms with Gasteiger partial charge in [0.1, 0.15) is 11.9 Å². The molecule has 0 aliphatic carbocycles. The average Bonchev–Trinajstić information content (AvgIpc) is 2.87. The summed E-state index contributed by atoms with van der Waals surface area (Å²) in [6.07, 6.45) is 0.382. The van der Waals surface area contributed by atoms with E-state index in [9.17, 15) is 14.0 Å². The second kappa shape index (κ2) is 14.0. The van der Waals surface area contributed by atoms with Crippen molar-refractivity contribution in [3.63, 3.8) is 0 Å². The normalized spacial score (nSPS) is 11.8. The zero-order valence-corrected chi connectivity index (χ0v) is 22.2. The molecule has 0 aliphatic rings. The number of nitrogens with one attached hydrogen (secondary N) is 1. The van der Waals surface area contributed by atoms with Gasteiger partial charge in [0.25, 0.3) is 0 Å². The average molecular weight is 527 g/mol. The van der Waals surface area contributed by atoms with Crippen LogP contribution in [0.25, 0.3) is 0 Å². The number of nitrogens with zero attached hydrogens (tertiary/aromatic N) is 1. The highest BCUT2D eigenvalue weighted by molar-refractivity contribution is 7.99. The van der Waals surface area contributed by atoms with Gasteiger partial charge in [0.15, 0.2) is 0 Å². The van der Waals surface area contributed by atoms with E-state index in [2.05, 4.69) is 5.32 Å². The van der Waals surface area contributed by atoms with Crippen LogP contribution in [0, 0.1) is 11.7 Å². The molecule has 4 nitrogen and oxygen atoms in total. The van der Waals surface area contributed by atoms with Crippen molar-refractivity contribution in [2.45, 2.75) is 38.6 Å². The molecule has 3 aromatic carbocycles. The van der Waals surface area contributed by atoms with E-state index < -0.39 is 6.04 Å². The molecule has 3 rings (SSSR count). The molecule has 1 atom stereocenters. The summed E-state index contributed by atoms with van der Waals surface area (Å²) in [6.45, 7) is 4.78. The molecule has 0 aromatic heterocycles. The Hall–Kier alpha value is -2.83. The van der Waals surface area contributed by atoms with Gasteiger partial charge in [-0.05, 0) is 40.8 Å². The molecule has 2 amide bonds. The Bertz CT molecular complexity index is 1130. The van der Waals surface area contributed by atoms with Gasteiger partial charge in [-0.1, -0.05) is 86.1 Å². The highest BCUT2D eigenvalue weighted by Crippen LogP contribution is 2.22. The van der Waals surface area contributed by atoms with E-state index in [0.29, 0.717) is 23.7 Å². The first kappa shape index (κ1) is 27.8. The predicted octanol–water partition coefficient (Wildman–Crippen LogP) is 6.12. The summed E-state index contributed by atoms with van der Waals surface area (Å²) in [7, 11) is 0. The Morgan fingerprint density at radius 3 is 2.28 bits per heavy atom. The van der Waals surface area contributed by atoms with Gasteiger partial charge in [-0.3, -0.25) is 9.59 Å². The molecule has 0 heterocycles. The van der Waals surface area contributed by atoms with Gasteiger partial charge in [0, 0.05) is 30.3 Å². The maximum atomic E-state index is 13.6. The summed E-state index contributed by atoms with van der Waals surface area (Å²) in [6, 6.07) is 22.6. The lowest BCUT2D eigenvalue weighted by Gasteiger charge is -2.32. The van der Waals surface area contributed by atoms with Crippen LogP contribution in [0.3, 0.4) is 0 Å². The smallest absolute Gasteiger partial charge is 0.243 e. The molecule has 0 fully saturated rings. The molecule has 0 saturated carbocycles. The minimum atomic E-state index is -0.704. The van der Waals surface area contributed by atoms with Crippen molar-refractivity contribution in [1.29, 1.82) is 0 Å². The first-order valence-corrected chi connectivity index (χ1v) is 13.5. The zero-order chi connectivity index (χ0) is 25.9. The Kier molecular flexibility index (Phi) is 10.8. The van der Waals surface area contributed by atoms with Crippen molar-refractivity contribution in [3.05, 3.63) is 106 Å². The highest BCUT2D eigenvalue weighted by atomic mass is 35.5. The fourth-order valence-corrected chi connectivity index (χ4v) is 4.91. The summed E-state index contributed by atoms with van der Waals surface area (Å²) in [5, 5.41) is 3.67. The van der Waals surface area contributed by atoms with Crippen molar-refractivity contribution >= 4 is 35.2 Å². The van der Waals surface area contributed by atoms with Gasteiger partial charge in [0.05, 0.1) is 5.75 Å². The molecular formula is C29H32ClFN2O2S. The number of rotatable bonds is 12. The molecule has 1 N–H and O–H groups in total. The molecule has 7 heteroatoms. The summed E-state index contributed by atoms with van der Waals surface area (Å²) >= 11 is 7.73. The van der Waals surface area contributed by atoms with Crippen LogP contribution in [0.5, 0.6) is 0 Å². The minimum absolute atomic E-state index is 0.156. The summed E-state index contributed by atoms with van der Waals surface area (Å²) in [4.78, 5) is 28.6. The van der Waals surface area contributed by atoms with E-state index in [1.54, 1.807) is 17.0 Å². The van der Waals surface area contributed by atoms with Crippen molar-refractivity contribution in [3.8, 4) is 0 Å². The lowest BCUT2D eigenvalue weighted by Crippen LogP contribution is -2.51. The molecule has 36 heavy (non-hydrogen) atoms. The van der Waals surface area contributed by atoms with Crippen molar-refractivity contribution < 1.29 is 14.0 Å². The van der Waals surface area contributed by atoms with Crippen molar-refractivity contribution in [2.75, 3.05) is 12.3 Å². The standard InChI is InChI=1S/C29H32ClFN2O2S/c1-21(2)17-32-29(35)27(16-22-8-4-3-5-9-22)33(18-23-12-14-25(31)15-13-23)28(34)20-36-19-24-10-6-7-11-26(24)30/h3-15,21,27H,16-20H2,1-2H3,(H,32,35)/t27-/m1/s1. The lowest BCUT2D eigenvalue weighted by atomic mass is 10.0. The number of halogens is 2. The van der Waals surface area contributed by atoms with Gasteiger partial charge in [-0.2, -0.15) is 0 Å². The third-order valence-electron chi connectivity index (χ3n) is 5.66. The molecule has 3 aromatic rings. The van der Waals surface area contributed by atoms with E-state index in [0.717, 1.165) is 16.7 Å². The monoisotopic (exact) mass is 526 g/mol. The number of thioether (sulfide) groups is 1. The largest absolute Gasteiger partial charge is 0.354 e. The number of amides is 2. The van der Waals surface area contributed by atoms with E-state index in [-0.39, 0.29) is 35.8 Å². The number of benzene rings is 3. The van der Waals surface area contributed by atoms with Gasteiger partial charge >= 0.3 is 0 Å². The fraction of sp³-hybridized carbons (Fsp3) is 0.310. The van der Waals surface area contributed by atoms with Crippen LogP contribution in [0.2, 0.25) is 5.02 Å². The predicted molar refractivity (Wildman–Crippen MR) is 146 cm³/mol. The van der Waals surface area contributed by atoms with Crippen LogP contribution in [0.1, 0.15) is 30.5 Å². The molecule has 0 saturated heterocycles. The van der Waals surface area contributed by atoms with Crippen LogP contribution in [-0.2, 0) is 28.3 Å². The number of hydrogen-bond donors (Lipinski definition) is 1. The third-order valence-corrected chi connectivity index (χ3v) is 7.00. The van der Waals surface area contributed by atoms with Crippen LogP contribution in [0.4, 0.5) is 4.39 Å². The molecule has 0 spiro atoms. The second-order valence-corrected chi connectivity index (χ2v) is 10.5. The molecule has 0 aliphatic heterocycles. The van der Waals surface area contributed by atoms with Crippen molar-refractivity contribution in [2.24, 2.45) is 5.92 Å². The number of carbonyl (C=O) groups is 2. The van der Waals surface area contributed by atoms with Gasteiger partial charge in [0.2, 0.25) is 11.8 Å². The minimum Gasteiger partial charge on any atom is -0.354 e. The maximum absolute atomic E-state index is 13.6. The summed E-state index contributed by atoms with van der Waals surface area (Å²) in [5.41, 5.74) is 2.68. The fourth-order valence-electron chi connectivity index (χ4n) is 3.71. The molecule has 0 radical (unpaired) electrons. The van der Waals surface area contributed by atoms with Gasteiger partial charge in [-0.15, -0.1) is 11.8 Å². The van der Waals surface area contributed by atoms with E-state index in [1.807, 2.05) is 68.4 Å². The van der Waals surface area contributed by atoms with Crippen molar-refractivity contribution in [1.82, 2.24) is 10.2 Å². The van der Waals surface area contributed by atoms with Gasteiger partial charge in [-0.25, -0.2) is 4.39 Å². The summed E-state index contributed by atoms with van der Waals surface area (Å²) < 4.78 is 13.5. The SMILES string of the molecule is CC(C)CNC(=O)[C@@H](Cc1ccccc1)N(Cc1ccc(F)cc1)C(=O)CSCc1ccccc1Cl. The molecule has 0 unspecified atom stereocenters. The summed E-state index contributed by atoms with van der Waals surface area (Å²) in [5.74, 6) is 0.353. The zero-order valence-electron chi connectivity index (χ0n) is 20.6. The Morgan fingerprint density at radius 1 is 0.944 bits per heavy atom. The molecule has 0 bridgehead atoms. The Labute approximate surface area is 222 Å². The topological polar surface area (TPSA) is 49.4 Å². The van der Waals surface area contributed by atoms with Crippen LogP contribution in [0.15, 0.2) is 78.9 Å². The van der Waals surface area contributed by atoms with E-state index >= 15 is 0 Å². The van der Waals surface area contributed by atoms with E-state index in [1.165, 1.54) is 23.9 Å². The quantitative estimate of drug-likeness (QED) is 0.309. The number of hydrogen-bond acceptors (Lipinski definition) is 3. The van der Waals surface area contributed by atoms with Gasteiger partial charge < -0.3 is 10.2 Å². The van der Waals surface area contributed by atoms with E-state index in [4.69, 9.17) is 11.6 Å². The Morgan fingerprint density at radius 2 is 1.61 bits per heavy atom. The van der Waals surface area contributed by atoms with Crippen LogP contribution in [-0.4, -0.2) is 35.1 Å². The first-order chi connectivity index (χ1) is 17.3. The third kappa shape index (κ3) is 8.68. The second-order valence-electron chi connectivity index (χ2n) is 9.08. The van der Waals surface area contributed by atoms with Crippen LogP contribution < -0.4 is 5.32 Å². The maximum Gasteiger partial charge on any atom is 0.243 e. The Balaban J connectivity index is 1.84. The van der Waals surface area contributed by atoms with Crippen LogP contribution >= 0.6 is 23.4 Å². The lowest BCUT2D eigenvalue weighted by molar-refractivity contribution is -0.139.